The molecular formula is C17H13BrCl2O4. The van der Waals surface area contributed by atoms with Gasteiger partial charge in [0.15, 0.2) is 12.7 Å². The summed E-state index contributed by atoms with van der Waals surface area (Å²) in [5, 5.41) is 0.748. The van der Waals surface area contributed by atoms with Crippen molar-refractivity contribution in [3.63, 3.8) is 0 Å². The quantitative estimate of drug-likeness (QED) is 0.479. The van der Waals surface area contributed by atoms with E-state index in [-0.39, 0.29) is 17.4 Å². The fourth-order valence-electron chi connectivity index (χ4n) is 1.86. The Morgan fingerprint density at radius 2 is 1.79 bits per heavy atom. The first-order chi connectivity index (χ1) is 11.4. The standard InChI is InChI=1S/C17H13BrCl2O4/c1-10(17(22)11-2-4-12(18)5-3-11)24-16(21)9-23-15-7-6-13(19)8-14(15)20/h2-8,10H,9H2,1H3. The van der Waals surface area contributed by atoms with Crippen LogP contribution in [0.2, 0.25) is 10.0 Å². The van der Waals surface area contributed by atoms with E-state index in [1.807, 2.05) is 0 Å². The topological polar surface area (TPSA) is 52.6 Å². The van der Waals surface area contributed by atoms with Gasteiger partial charge in [-0.2, -0.15) is 0 Å². The second-order valence-electron chi connectivity index (χ2n) is 4.87. The highest BCUT2D eigenvalue weighted by Gasteiger charge is 2.20. The van der Waals surface area contributed by atoms with Gasteiger partial charge >= 0.3 is 5.97 Å². The summed E-state index contributed by atoms with van der Waals surface area (Å²) in [5.74, 6) is -0.649. The van der Waals surface area contributed by atoms with Gasteiger partial charge in [-0.05, 0) is 37.3 Å². The van der Waals surface area contributed by atoms with E-state index in [0.29, 0.717) is 16.3 Å². The molecule has 0 aliphatic heterocycles. The SMILES string of the molecule is CC(OC(=O)COc1ccc(Cl)cc1Cl)C(=O)c1ccc(Br)cc1. The summed E-state index contributed by atoms with van der Waals surface area (Å²) in [6.07, 6.45) is -0.914. The lowest BCUT2D eigenvalue weighted by molar-refractivity contribution is -0.148. The number of esters is 1. The molecule has 7 heteroatoms. The molecule has 1 atom stereocenters. The Balaban J connectivity index is 1.89. The molecule has 0 aliphatic carbocycles. The maximum Gasteiger partial charge on any atom is 0.344 e. The Labute approximate surface area is 157 Å². The number of rotatable bonds is 6. The number of halogens is 3. The molecule has 2 aromatic rings. The Morgan fingerprint density at radius 1 is 1.12 bits per heavy atom. The molecule has 2 aromatic carbocycles. The van der Waals surface area contributed by atoms with Crippen LogP contribution in [0.25, 0.3) is 0 Å². The molecule has 24 heavy (non-hydrogen) atoms. The van der Waals surface area contributed by atoms with Crippen molar-refractivity contribution < 1.29 is 19.1 Å². The molecule has 0 heterocycles. The molecule has 0 amide bonds. The molecule has 0 N–H and O–H groups in total. The van der Waals surface area contributed by atoms with Crippen molar-refractivity contribution in [1.29, 1.82) is 0 Å². The average molecular weight is 432 g/mol. The minimum Gasteiger partial charge on any atom is -0.480 e. The van der Waals surface area contributed by atoms with Crippen LogP contribution < -0.4 is 4.74 Å². The summed E-state index contributed by atoms with van der Waals surface area (Å²) < 4.78 is 11.2. The van der Waals surface area contributed by atoms with Crippen LogP contribution in [0.15, 0.2) is 46.9 Å². The first-order valence-electron chi connectivity index (χ1n) is 6.94. The summed E-state index contributed by atoms with van der Waals surface area (Å²) in [6, 6.07) is 11.4. The monoisotopic (exact) mass is 430 g/mol. The van der Waals surface area contributed by atoms with Gasteiger partial charge in [0.05, 0.1) is 5.02 Å². The largest absolute Gasteiger partial charge is 0.480 e. The van der Waals surface area contributed by atoms with Crippen LogP contribution in [0.5, 0.6) is 5.75 Å². The third-order valence-corrected chi connectivity index (χ3v) is 4.10. The third-order valence-electron chi connectivity index (χ3n) is 3.05. The van der Waals surface area contributed by atoms with Crippen molar-refractivity contribution >= 4 is 50.9 Å². The molecule has 0 aliphatic rings. The Kier molecular flexibility index (Phi) is 6.66. The lowest BCUT2D eigenvalue weighted by Crippen LogP contribution is -2.27. The van der Waals surface area contributed by atoms with Gasteiger partial charge in [0.1, 0.15) is 5.75 Å². The summed E-state index contributed by atoms with van der Waals surface area (Å²) in [5.41, 5.74) is 0.458. The minimum absolute atomic E-state index is 0.286. The highest BCUT2D eigenvalue weighted by atomic mass is 79.9. The number of ether oxygens (including phenoxy) is 2. The average Bonchev–Trinajstić information content (AvgIpc) is 2.54. The van der Waals surface area contributed by atoms with E-state index in [1.165, 1.54) is 13.0 Å². The van der Waals surface area contributed by atoms with Gasteiger partial charge in [0, 0.05) is 15.1 Å². The van der Waals surface area contributed by atoms with Gasteiger partial charge in [0.25, 0.3) is 0 Å². The molecule has 1 unspecified atom stereocenters. The van der Waals surface area contributed by atoms with Crippen LogP contribution >= 0.6 is 39.1 Å². The molecular weight excluding hydrogens is 419 g/mol. The molecule has 0 aromatic heterocycles. The van der Waals surface area contributed by atoms with Crippen molar-refractivity contribution in [2.24, 2.45) is 0 Å². The molecule has 0 saturated carbocycles. The number of carbonyl (C=O) groups is 2. The van der Waals surface area contributed by atoms with Crippen LogP contribution in [0.3, 0.4) is 0 Å². The van der Waals surface area contributed by atoms with E-state index < -0.39 is 12.1 Å². The van der Waals surface area contributed by atoms with E-state index in [4.69, 9.17) is 32.7 Å². The second-order valence-corrected chi connectivity index (χ2v) is 6.63. The zero-order valence-corrected chi connectivity index (χ0v) is 15.7. The predicted octanol–water partition coefficient (Wildman–Crippen LogP) is 4.95. The number of hydrogen-bond acceptors (Lipinski definition) is 4. The molecule has 0 fully saturated rings. The van der Waals surface area contributed by atoms with Gasteiger partial charge in [0.2, 0.25) is 5.78 Å². The number of hydrogen-bond donors (Lipinski definition) is 0. The second kappa shape index (κ2) is 8.51. The molecule has 0 saturated heterocycles. The molecule has 2 rings (SSSR count). The molecule has 4 nitrogen and oxygen atoms in total. The fraction of sp³-hybridized carbons (Fsp3) is 0.176. The van der Waals surface area contributed by atoms with Crippen LogP contribution in [0, 0.1) is 0 Å². The number of Topliss-reactive ketones (excluding diaryl/α,β-unsaturated/α-hetero) is 1. The van der Waals surface area contributed by atoms with Gasteiger partial charge in [-0.1, -0.05) is 51.3 Å². The first-order valence-corrected chi connectivity index (χ1v) is 8.49. The van der Waals surface area contributed by atoms with Gasteiger partial charge in [-0.15, -0.1) is 0 Å². The summed E-state index contributed by atoms with van der Waals surface area (Å²) in [4.78, 5) is 24.0. The highest BCUT2D eigenvalue weighted by molar-refractivity contribution is 9.10. The Morgan fingerprint density at radius 3 is 2.42 bits per heavy atom. The fourth-order valence-corrected chi connectivity index (χ4v) is 2.59. The Hall–Kier alpha value is -1.56. The molecule has 0 spiro atoms. The number of benzene rings is 2. The molecule has 0 bridgehead atoms. The van der Waals surface area contributed by atoms with Gasteiger partial charge < -0.3 is 9.47 Å². The van der Waals surface area contributed by atoms with E-state index in [1.54, 1.807) is 36.4 Å². The number of carbonyl (C=O) groups excluding carboxylic acids is 2. The Bertz CT molecular complexity index is 747. The van der Waals surface area contributed by atoms with Crippen LogP contribution in [-0.4, -0.2) is 24.5 Å². The van der Waals surface area contributed by atoms with Crippen molar-refractivity contribution in [1.82, 2.24) is 0 Å². The summed E-state index contributed by atoms with van der Waals surface area (Å²) in [6.45, 7) is 1.15. The van der Waals surface area contributed by atoms with Crippen molar-refractivity contribution in [3.8, 4) is 5.75 Å². The van der Waals surface area contributed by atoms with Crippen LogP contribution in [-0.2, 0) is 9.53 Å². The zero-order chi connectivity index (χ0) is 17.7. The van der Waals surface area contributed by atoms with E-state index in [0.717, 1.165) is 4.47 Å². The summed E-state index contributed by atoms with van der Waals surface area (Å²) in [7, 11) is 0. The number of ketones is 1. The van der Waals surface area contributed by atoms with E-state index in [2.05, 4.69) is 15.9 Å². The summed E-state index contributed by atoms with van der Waals surface area (Å²) >= 11 is 15.0. The lowest BCUT2D eigenvalue weighted by Gasteiger charge is -2.13. The van der Waals surface area contributed by atoms with E-state index in [9.17, 15) is 9.59 Å². The van der Waals surface area contributed by atoms with Gasteiger partial charge in [-0.25, -0.2) is 4.79 Å². The van der Waals surface area contributed by atoms with Crippen molar-refractivity contribution in [2.75, 3.05) is 6.61 Å². The lowest BCUT2D eigenvalue weighted by atomic mass is 10.1. The van der Waals surface area contributed by atoms with Gasteiger partial charge in [-0.3, -0.25) is 4.79 Å². The highest BCUT2D eigenvalue weighted by Crippen LogP contribution is 2.27. The van der Waals surface area contributed by atoms with Crippen LogP contribution in [0.1, 0.15) is 17.3 Å². The maximum absolute atomic E-state index is 12.2. The van der Waals surface area contributed by atoms with E-state index >= 15 is 0 Å². The first kappa shape index (κ1) is 18.8. The third kappa shape index (κ3) is 5.23. The normalized spacial score (nSPS) is 11.7. The van der Waals surface area contributed by atoms with Crippen LogP contribution in [0.4, 0.5) is 0 Å². The van der Waals surface area contributed by atoms with Crippen molar-refractivity contribution in [3.05, 3.63) is 62.5 Å². The maximum atomic E-state index is 12.2. The molecule has 0 radical (unpaired) electrons. The minimum atomic E-state index is -0.914. The smallest absolute Gasteiger partial charge is 0.344 e. The zero-order valence-electron chi connectivity index (χ0n) is 12.6. The predicted molar refractivity (Wildman–Crippen MR) is 96.0 cm³/mol. The molecule has 126 valence electrons. The van der Waals surface area contributed by atoms with Crippen molar-refractivity contribution in [2.45, 2.75) is 13.0 Å².